The SMILES string of the molecule is c1ccc2nc(C(c3ccsc3)N3CCCNCC3)ccc2c1. The molecule has 23 heavy (non-hydrogen) atoms. The first-order valence-corrected chi connectivity index (χ1v) is 9.19. The van der Waals surface area contributed by atoms with Crippen molar-refractivity contribution in [3.8, 4) is 0 Å². The van der Waals surface area contributed by atoms with Crippen LogP contribution in [-0.4, -0.2) is 36.1 Å². The first-order valence-electron chi connectivity index (χ1n) is 8.24. The van der Waals surface area contributed by atoms with Crippen molar-refractivity contribution in [3.63, 3.8) is 0 Å². The molecule has 1 aliphatic rings. The van der Waals surface area contributed by atoms with Gasteiger partial charge in [0.05, 0.1) is 17.3 Å². The number of rotatable bonds is 3. The number of nitrogens with zero attached hydrogens (tertiary/aromatic N) is 2. The lowest BCUT2D eigenvalue weighted by Gasteiger charge is -2.29. The average Bonchev–Trinajstić information content (AvgIpc) is 2.98. The fourth-order valence-corrected chi connectivity index (χ4v) is 4.04. The van der Waals surface area contributed by atoms with Crippen molar-refractivity contribution in [2.24, 2.45) is 0 Å². The Morgan fingerprint density at radius 1 is 1.04 bits per heavy atom. The molecule has 0 spiro atoms. The van der Waals surface area contributed by atoms with Crippen molar-refractivity contribution in [1.29, 1.82) is 0 Å². The van der Waals surface area contributed by atoms with Gasteiger partial charge in [-0.2, -0.15) is 11.3 Å². The van der Waals surface area contributed by atoms with E-state index in [1.807, 2.05) is 0 Å². The van der Waals surface area contributed by atoms with Crippen LogP contribution in [0.15, 0.2) is 53.2 Å². The van der Waals surface area contributed by atoms with Gasteiger partial charge in [0.2, 0.25) is 0 Å². The van der Waals surface area contributed by atoms with Gasteiger partial charge < -0.3 is 5.32 Å². The molecule has 1 unspecified atom stereocenters. The molecule has 2 aromatic heterocycles. The van der Waals surface area contributed by atoms with Gasteiger partial charge >= 0.3 is 0 Å². The Morgan fingerprint density at radius 3 is 2.91 bits per heavy atom. The first kappa shape index (κ1) is 14.8. The summed E-state index contributed by atoms with van der Waals surface area (Å²) in [5.74, 6) is 0. The predicted octanol–water partition coefficient (Wildman–Crippen LogP) is 3.68. The molecule has 4 rings (SSSR count). The molecular formula is C19H21N3S. The number of pyridine rings is 1. The minimum absolute atomic E-state index is 0.255. The molecule has 0 saturated carbocycles. The van der Waals surface area contributed by atoms with Gasteiger partial charge in [-0.3, -0.25) is 9.88 Å². The van der Waals surface area contributed by atoms with Crippen molar-refractivity contribution in [1.82, 2.24) is 15.2 Å². The van der Waals surface area contributed by atoms with Gasteiger partial charge in [-0.15, -0.1) is 0 Å². The molecule has 1 aliphatic heterocycles. The Hall–Kier alpha value is -1.75. The summed E-state index contributed by atoms with van der Waals surface area (Å²) in [6, 6.07) is 15.3. The molecule has 1 N–H and O–H groups in total. The topological polar surface area (TPSA) is 28.2 Å². The molecule has 1 atom stereocenters. The summed E-state index contributed by atoms with van der Waals surface area (Å²) < 4.78 is 0. The lowest BCUT2D eigenvalue weighted by atomic mass is 10.0. The maximum atomic E-state index is 4.98. The highest BCUT2D eigenvalue weighted by Crippen LogP contribution is 2.30. The summed E-state index contributed by atoms with van der Waals surface area (Å²) in [6.45, 7) is 4.34. The van der Waals surface area contributed by atoms with Crippen molar-refractivity contribution in [2.45, 2.75) is 12.5 Å². The number of nitrogens with one attached hydrogen (secondary N) is 1. The van der Waals surface area contributed by atoms with Gasteiger partial charge in [0.15, 0.2) is 0 Å². The summed E-state index contributed by atoms with van der Waals surface area (Å²) in [7, 11) is 0. The smallest absolute Gasteiger partial charge is 0.0785 e. The number of para-hydroxylation sites is 1. The van der Waals surface area contributed by atoms with Crippen LogP contribution in [0.2, 0.25) is 0 Å². The van der Waals surface area contributed by atoms with Crippen LogP contribution in [-0.2, 0) is 0 Å². The highest BCUT2D eigenvalue weighted by Gasteiger charge is 2.24. The molecule has 0 radical (unpaired) electrons. The minimum Gasteiger partial charge on any atom is -0.315 e. The number of hydrogen-bond donors (Lipinski definition) is 1. The summed E-state index contributed by atoms with van der Waals surface area (Å²) in [5, 5.41) is 9.14. The number of hydrogen-bond acceptors (Lipinski definition) is 4. The van der Waals surface area contributed by atoms with Gasteiger partial charge in [0, 0.05) is 25.0 Å². The molecule has 1 saturated heterocycles. The zero-order chi connectivity index (χ0) is 15.5. The normalized spacial score (nSPS) is 17.9. The quantitative estimate of drug-likeness (QED) is 0.797. The Morgan fingerprint density at radius 2 is 2.00 bits per heavy atom. The zero-order valence-electron chi connectivity index (χ0n) is 13.1. The monoisotopic (exact) mass is 323 g/mol. The second-order valence-electron chi connectivity index (χ2n) is 6.03. The lowest BCUT2D eigenvalue weighted by Crippen LogP contribution is -2.33. The van der Waals surface area contributed by atoms with Crippen LogP contribution in [0.3, 0.4) is 0 Å². The Kier molecular flexibility index (Phi) is 4.37. The van der Waals surface area contributed by atoms with E-state index in [1.54, 1.807) is 11.3 Å². The van der Waals surface area contributed by atoms with Crippen molar-refractivity contribution in [2.75, 3.05) is 26.2 Å². The van der Waals surface area contributed by atoms with E-state index < -0.39 is 0 Å². The molecule has 3 heterocycles. The van der Waals surface area contributed by atoms with Gasteiger partial charge in [-0.25, -0.2) is 0 Å². The number of thiophene rings is 1. The first-order chi connectivity index (χ1) is 11.4. The van der Waals surface area contributed by atoms with E-state index in [0.29, 0.717) is 0 Å². The summed E-state index contributed by atoms with van der Waals surface area (Å²) in [4.78, 5) is 7.55. The lowest BCUT2D eigenvalue weighted by molar-refractivity contribution is 0.238. The van der Waals surface area contributed by atoms with E-state index in [4.69, 9.17) is 4.98 Å². The highest BCUT2D eigenvalue weighted by atomic mass is 32.1. The largest absolute Gasteiger partial charge is 0.315 e. The summed E-state index contributed by atoms with van der Waals surface area (Å²) in [5.41, 5.74) is 3.60. The van der Waals surface area contributed by atoms with Gasteiger partial charge in [0.25, 0.3) is 0 Å². The molecule has 3 aromatic rings. The molecule has 0 aliphatic carbocycles. The van der Waals surface area contributed by atoms with Crippen LogP contribution < -0.4 is 5.32 Å². The molecule has 0 amide bonds. The maximum Gasteiger partial charge on any atom is 0.0785 e. The van der Waals surface area contributed by atoms with Crippen LogP contribution in [0.5, 0.6) is 0 Å². The Labute approximate surface area is 141 Å². The molecule has 1 fully saturated rings. The maximum absolute atomic E-state index is 4.98. The van der Waals surface area contributed by atoms with E-state index in [9.17, 15) is 0 Å². The highest BCUT2D eigenvalue weighted by molar-refractivity contribution is 7.08. The van der Waals surface area contributed by atoms with Crippen LogP contribution in [0.25, 0.3) is 10.9 Å². The van der Waals surface area contributed by atoms with Crippen LogP contribution >= 0.6 is 11.3 Å². The average molecular weight is 323 g/mol. The third kappa shape index (κ3) is 3.15. The second-order valence-corrected chi connectivity index (χ2v) is 6.81. The third-order valence-electron chi connectivity index (χ3n) is 4.50. The van der Waals surface area contributed by atoms with E-state index in [2.05, 4.69) is 63.4 Å². The summed E-state index contributed by atoms with van der Waals surface area (Å²) >= 11 is 1.77. The van der Waals surface area contributed by atoms with Crippen LogP contribution in [0, 0.1) is 0 Å². The molecule has 0 bridgehead atoms. The number of benzene rings is 1. The standard InChI is InChI=1S/C19H21N3S/c1-2-5-17-15(4-1)6-7-18(21-17)19(16-8-13-23-14-16)22-11-3-9-20-10-12-22/h1-2,4-8,13-14,19-20H,3,9-12H2. The van der Waals surface area contributed by atoms with Gasteiger partial charge in [-0.05, 0) is 47.5 Å². The van der Waals surface area contributed by atoms with Crippen molar-refractivity contribution in [3.05, 3.63) is 64.5 Å². The van der Waals surface area contributed by atoms with E-state index in [0.717, 1.165) is 37.4 Å². The van der Waals surface area contributed by atoms with Gasteiger partial charge in [0.1, 0.15) is 0 Å². The molecule has 4 heteroatoms. The van der Waals surface area contributed by atoms with E-state index in [-0.39, 0.29) is 6.04 Å². The number of fused-ring (bicyclic) bond motifs is 1. The number of aromatic nitrogens is 1. The summed E-state index contributed by atoms with van der Waals surface area (Å²) in [6.07, 6.45) is 1.19. The molecule has 3 nitrogen and oxygen atoms in total. The van der Waals surface area contributed by atoms with E-state index >= 15 is 0 Å². The minimum atomic E-state index is 0.255. The fraction of sp³-hybridized carbons (Fsp3) is 0.316. The van der Waals surface area contributed by atoms with Crippen molar-refractivity contribution >= 4 is 22.2 Å². The molecule has 118 valence electrons. The van der Waals surface area contributed by atoms with Crippen LogP contribution in [0.4, 0.5) is 0 Å². The second kappa shape index (κ2) is 6.79. The molecule has 1 aromatic carbocycles. The third-order valence-corrected chi connectivity index (χ3v) is 5.20. The Balaban J connectivity index is 1.76. The van der Waals surface area contributed by atoms with E-state index in [1.165, 1.54) is 17.4 Å². The Bertz CT molecular complexity index is 761. The predicted molar refractivity (Wildman–Crippen MR) is 97.0 cm³/mol. The molecular weight excluding hydrogens is 302 g/mol. The van der Waals surface area contributed by atoms with Crippen molar-refractivity contribution < 1.29 is 0 Å². The van der Waals surface area contributed by atoms with Gasteiger partial charge in [-0.1, -0.05) is 24.3 Å². The van der Waals surface area contributed by atoms with Crippen LogP contribution in [0.1, 0.15) is 23.7 Å². The fourth-order valence-electron chi connectivity index (χ4n) is 3.36. The zero-order valence-corrected chi connectivity index (χ0v) is 13.9.